The van der Waals surface area contributed by atoms with Crippen molar-refractivity contribution in [3.63, 3.8) is 0 Å². The summed E-state index contributed by atoms with van der Waals surface area (Å²) in [6, 6.07) is 19.5. The molecule has 21 heavy (non-hydrogen) atoms. The molecular weight excluding hydrogens is 258 g/mol. The van der Waals surface area contributed by atoms with Gasteiger partial charge in [0.05, 0.1) is 5.36 Å². The summed E-state index contributed by atoms with van der Waals surface area (Å²) in [6.07, 6.45) is 4.83. The molecule has 1 fully saturated rings. The first-order chi connectivity index (χ1) is 10.3. The van der Waals surface area contributed by atoms with Gasteiger partial charge < -0.3 is 0 Å². The molecule has 1 heterocycles. The lowest BCUT2D eigenvalue weighted by Gasteiger charge is -2.37. The van der Waals surface area contributed by atoms with Crippen molar-refractivity contribution in [3.8, 4) is 0 Å². The summed E-state index contributed by atoms with van der Waals surface area (Å²) >= 11 is 0. The standard InChI is InChI=1S/C18H19N3/c1-20(16-11-12-16)21-13-15-9-5-6-10-17(15)19-18(21)14-7-3-2-4-8-14/h2-10,13,16,18H,11-12H2,1H3. The number of para-hydroxylation sites is 1. The van der Waals surface area contributed by atoms with Gasteiger partial charge in [-0.05, 0) is 24.5 Å². The van der Waals surface area contributed by atoms with Gasteiger partial charge in [0.25, 0.3) is 0 Å². The van der Waals surface area contributed by atoms with Gasteiger partial charge in [-0.2, -0.15) is 0 Å². The van der Waals surface area contributed by atoms with Crippen LogP contribution in [0.3, 0.4) is 0 Å². The molecule has 4 rings (SSSR count). The highest BCUT2D eigenvalue weighted by atomic mass is 15.7. The van der Waals surface area contributed by atoms with Crippen LogP contribution in [0.4, 0.5) is 0 Å². The Kier molecular flexibility index (Phi) is 3.00. The Labute approximate surface area is 124 Å². The summed E-state index contributed by atoms with van der Waals surface area (Å²) < 4.78 is 0. The van der Waals surface area contributed by atoms with Crippen molar-refractivity contribution in [2.24, 2.45) is 4.99 Å². The van der Waals surface area contributed by atoms with Crippen LogP contribution in [-0.2, 0) is 0 Å². The predicted molar refractivity (Wildman–Crippen MR) is 83.5 cm³/mol. The second-order valence-electron chi connectivity index (χ2n) is 5.79. The second-order valence-corrected chi connectivity index (χ2v) is 5.79. The molecular formula is C18H19N3. The molecule has 2 aromatic rings. The third-order valence-corrected chi connectivity index (χ3v) is 4.26. The second kappa shape index (κ2) is 5.01. The monoisotopic (exact) mass is 277 g/mol. The third kappa shape index (κ3) is 2.34. The van der Waals surface area contributed by atoms with E-state index < -0.39 is 0 Å². The van der Waals surface area contributed by atoms with Crippen LogP contribution in [0.15, 0.2) is 59.6 Å². The maximum Gasteiger partial charge on any atom is 0.161 e. The molecule has 1 unspecified atom stereocenters. The summed E-state index contributed by atoms with van der Waals surface area (Å²) in [7, 11) is 2.17. The van der Waals surface area contributed by atoms with Gasteiger partial charge in [0.1, 0.15) is 0 Å². The van der Waals surface area contributed by atoms with E-state index >= 15 is 0 Å². The molecule has 0 N–H and O–H groups in total. The van der Waals surface area contributed by atoms with E-state index in [-0.39, 0.29) is 6.17 Å². The van der Waals surface area contributed by atoms with Crippen LogP contribution in [-0.4, -0.2) is 23.1 Å². The fourth-order valence-corrected chi connectivity index (χ4v) is 2.87. The average Bonchev–Trinajstić information content (AvgIpc) is 3.39. The first-order valence-corrected chi connectivity index (χ1v) is 7.54. The van der Waals surface area contributed by atoms with Crippen LogP contribution >= 0.6 is 0 Å². The van der Waals surface area contributed by atoms with E-state index in [4.69, 9.17) is 4.99 Å². The molecule has 0 spiro atoms. The molecule has 0 bridgehead atoms. The van der Waals surface area contributed by atoms with Crippen molar-refractivity contribution < 1.29 is 0 Å². The number of hydrogen-bond acceptors (Lipinski definition) is 3. The number of hydrazine groups is 1. The van der Waals surface area contributed by atoms with E-state index in [0.717, 1.165) is 5.36 Å². The summed E-state index contributed by atoms with van der Waals surface area (Å²) in [5.74, 6) is 0. The molecule has 2 aromatic carbocycles. The fraction of sp³-hybridized carbons (Fsp3) is 0.278. The number of hydrogen-bond donors (Lipinski definition) is 0. The largest absolute Gasteiger partial charge is 0.284 e. The van der Waals surface area contributed by atoms with Crippen LogP contribution in [0.1, 0.15) is 24.6 Å². The van der Waals surface area contributed by atoms with Crippen molar-refractivity contribution >= 4 is 6.20 Å². The van der Waals surface area contributed by atoms with Crippen LogP contribution < -0.4 is 10.6 Å². The molecule has 0 amide bonds. The number of benzene rings is 2. The van der Waals surface area contributed by atoms with Crippen LogP contribution in [0.2, 0.25) is 0 Å². The zero-order chi connectivity index (χ0) is 14.2. The highest BCUT2D eigenvalue weighted by molar-refractivity contribution is 5.29. The van der Waals surface area contributed by atoms with E-state index in [1.165, 1.54) is 23.6 Å². The number of nitrogens with zero attached hydrogens (tertiary/aromatic N) is 3. The topological polar surface area (TPSA) is 18.8 Å². The Hall–Kier alpha value is -2.13. The van der Waals surface area contributed by atoms with Gasteiger partial charge in [0.15, 0.2) is 6.17 Å². The van der Waals surface area contributed by atoms with E-state index in [9.17, 15) is 0 Å². The SMILES string of the molecule is CN(C1CC1)N1C=c2ccccc2=NC1c1ccccc1. The molecule has 1 aliphatic carbocycles. The molecule has 106 valence electrons. The number of fused-ring (bicyclic) bond motifs is 1. The Bertz CT molecular complexity index is 750. The summed E-state index contributed by atoms with van der Waals surface area (Å²) in [5.41, 5.74) is 1.23. The smallest absolute Gasteiger partial charge is 0.161 e. The Morgan fingerprint density at radius 3 is 2.48 bits per heavy atom. The highest BCUT2D eigenvalue weighted by Crippen LogP contribution is 2.32. The minimum absolute atomic E-state index is 0.0340. The normalized spacial score (nSPS) is 20.7. The van der Waals surface area contributed by atoms with E-state index in [1.807, 2.05) is 0 Å². The van der Waals surface area contributed by atoms with Crippen LogP contribution in [0.5, 0.6) is 0 Å². The van der Waals surface area contributed by atoms with Crippen molar-refractivity contribution in [2.75, 3.05) is 7.05 Å². The molecule has 3 nitrogen and oxygen atoms in total. The minimum atomic E-state index is 0.0340. The summed E-state index contributed by atoms with van der Waals surface area (Å²) in [4.78, 5) is 4.98. The van der Waals surface area contributed by atoms with Crippen LogP contribution in [0, 0.1) is 0 Å². The highest BCUT2D eigenvalue weighted by Gasteiger charge is 2.33. The maximum atomic E-state index is 4.98. The molecule has 0 saturated heterocycles. The van der Waals surface area contributed by atoms with Gasteiger partial charge in [0, 0.05) is 24.5 Å². The first-order valence-electron chi connectivity index (χ1n) is 7.54. The molecule has 0 aromatic heterocycles. The molecule has 3 heteroatoms. The lowest BCUT2D eigenvalue weighted by molar-refractivity contribution is 0.0187. The van der Waals surface area contributed by atoms with Gasteiger partial charge in [-0.1, -0.05) is 48.5 Å². The molecule has 1 atom stereocenters. The van der Waals surface area contributed by atoms with Gasteiger partial charge in [-0.25, -0.2) is 5.01 Å². The van der Waals surface area contributed by atoms with Gasteiger partial charge in [0.2, 0.25) is 0 Å². The third-order valence-electron chi connectivity index (χ3n) is 4.26. The fourth-order valence-electron chi connectivity index (χ4n) is 2.87. The number of rotatable bonds is 3. The molecule has 1 aliphatic heterocycles. The Morgan fingerprint density at radius 1 is 1.00 bits per heavy atom. The minimum Gasteiger partial charge on any atom is -0.284 e. The van der Waals surface area contributed by atoms with Crippen molar-refractivity contribution in [1.82, 2.24) is 10.0 Å². The van der Waals surface area contributed by atoms with Crippen LogP contribution in [0.25, 0.3) is 6.20 Å². The van der Waals surface area contributed by atoms with Crippen molar-refractivity contribution in [2.45, 2.75) is 25.0 Å². The average molecular weight is 277 g/mol. The Balaban J connectivity index is 1.83. The zero-order valence-corrected chi connectivity index (χ0v) is 12.2. The zero-order valence-electron chi connectivity index (χ0n) is 12.2. The van der Waals surface area contributed by atoms with Gasteiger partial charge in [-0.3, -0.25) is 10.0 Å². The molecule has 2 aliphatic rings. The van der Waals surface area contributed by atoms with Crippen molar-refractivity contribution in [1.29, 1.82) is 0 Å². The van der Waals surface area contributed by atoms with Gasteiger partial charge >= 0.3 is 0 Å². The van der Waals surface area contributed by atoms with E-state index in [1.54, 1.807) is 0 Å². The summed E-state index contributed by atoms with van der Waals surface area (Å²) in [5, 5.41) is 6.90. The quantitative estimate of drug-likeness (QED) is 0.855. The maximum absolute atomic E-state index is 4.98. The van der Waals surface area contributed by atoms with Crippen molar-refractivity contribution in [3.05, 3.63) is 70.7 Å². The predicted octanol–water partition coefficient (Wildman–Crippen LogP) is 2.07. The van der Waals surface area contributed by atoms with E-state index in [0.29, 0.717) is 6.04 Å². The summed E-state index contributed by atoms with van der Waals surface area (Å²) in [6.45, 7) is 0. The lowest BCUT2D eigenvalue weighted by Crippen LogP contribution is -2.46. The molecule has 0 radical (unpaired) electrons. The first kappa shape index (κ1) is 12.6. The van der Waals surface area contributed by atoms with Gasteiger partial charge in [-0.15, -0.1) is 0 Å². The van der Waals surface area contributed by atoms with E-state index in [2.05, 4.69) is 77.9 Å². The lowest BCUT2D eigenvalue weighted by atomic mass is 10.1. The Morgan fingerprint density at radius 2 is 1.71 bits per heavy atom. The molecule has 1 saturated carbocycles.